The minimum Gasteiger partial charge on any atom is -0.388 e. The molecule has 1 saturated heterocycles. The maximum Gasteiger partial charge on any atom is 0.217 e. The first-order valence-electron chi connectivity index (χ1n) is 5.54. The lowest BCUT2D eigenvalue weighted by Gasteiger charge is -2.40. The van der Waals surface area contributed by atoms with Crippen LogP contribution in [0.1, 0.15) is 13.8 Å². The molecule has 0 radical (unpaired) electrons. The molecule has 104 valence electrons. The summed E-state index contributed by atoms with van der Waals surface area (Å²) in [7, 11) is 0. The van der Waals surface area contributed by atoms with Crippen LogP contribution in [0.3, 0.4) is 0 Å². The summed E-state index contributed by atoms with van der Waals surface area (Å²) in [5, 5.41) is 33.9. The lowest BCUT2D eigenvalue weighted by Crippen LogP contribution is -2.64. The molecule has 0 aliphatic carbocycles. The molecule has 0 saturated carbocycles. The zero-order chi connectivity index (χ0) is 13.9. The van der Waals surface area contributed by atoms with E-state index >= 15 is 0 Å². The molecule has 1 aliphatic heterocycles. The van der Waals surface area contributed by atoms with Crippen molar-refractivity contribution in [2.45, 2.75) is 44.5 Å². The van der Waals surface area contributed by atoms with Crippen molar-refractivity contribution in [2.24, 2.45) is 0 Å². The van der Waals surface area contributed by atoms with Crippen LogP contribution >= 0.6 is 0 Å². The molecule has 0 unspecified atom stereocenters. The van der Waals surface area contributed by atoms with Gasteiger partial charge in [0.25, 0.3) is 0 Å². The Labute approximate surface area is 104 Å². The Kier molecular flexibility index (Phi) is 5.03. The van der Waals surface area contributed by atoms with Crippen LogP contribution < -0.4 is 10.6 Å². The summed E-state index contributed by atoms with van der Waals surface area (Å²) < 4.78 is 5.05. The minimum absolute atomic E-state index is 0.0442. The highest BCUT2D eigenvalue weighted by Gasteiger charge is 2.44. The highest BCUT2D eigenvalue weighted by Crippen LogP contribution is 2.19. The van der Waals surface area contributed by atoms with Gasteiger partial charge in [-0.3, -0.25) is 9.59 Å². The second kappa shape index (κ2) is 6.10. The lowest BCUT2D eigenvalue weighted by molar-refractivity contribution is -0.245. The summed E-state index contributed by atoms with van der Waals surface area (Å²) in [6, 6.07) is -1.11. The first-order valence-corrected chi connectivity index (χ1v) is 5.54. The van der Waals surface area contributed by atoms with Gasteiger partial charge in [-0.15, -0.1) is 0 Å². The normalized spacial score (nSPS) is 35.9. The van der Waals surface area contributed by atoms with Gasteiger partial charge >= 0.3 is 0 Å². The van der Waals surface area contributed by atoms with Crippen molar-refractivity contribution in [3.05, 3.63) is 0 Å². The number of rotatable bonds is 3. The Morgan fingerprint density at radius 3 is 2.22 bits per heavy atom. The fourth-order valence-corrected chi connectivity index (χ4v) is 1.75. The lowest BCUT2D eigenvalue weighted by atomic mass is 9.96. The van der Waals surface area contributed by atoms with Crippen molar-refractivity contribution < 1.29 is 29.6 Å². The van der Waals surface area contributed by atoms with Crippen molar-refractivity contribution in [1.29, 1.82) is 0 Å². The van der Waals surface area contributed by atoms with Crippen LogP contribution in [0.4, 0.5) is 0 Å². The van der Waals surface area contributed by atoms with Crippen molar-refractivity contribution in [1.82, 2.24) is 10.6 Å². The van der Waals surface area contributed by atoms with E-state index in [-0.39, 0.29) is 12.5 Å². The fraction of sp³-hybridized carbons (Fsp3) is 0.800. The topological polar surface area (TPSA) is 128 Å². The van der Waals surface area contributed by atoms with Gasteiger partial charge in [-0.05, 0) is 0 Å². The number of hydrogen-bond acceptors (Lipinski definition) is 6. The first kappa shape index (κ1) is 14.8. The molecule has 1 aliphatic rings. The van der Waals surface area contributed by atoms with Gasteiger partial charge in [0.2, 0.25) is 11.8 Å². The summed E-state index contributed by atoms with van der Waals surface area (Å²) in [6.45, 7) is 2.47. The largest absolute Gasteiger partial charge is 0.388 e. The minimum atomic E-state index is -1.45. The summed E-state index contributed by atoms with van der Waals surface area (Å²) in [5.41, 5.74) is 0. The molecule has 0 aromatic heterocycles. The summed E-state index contributed by atoms with van der Waals surface area (Å²) >= 11 is 0. The number of hydrogen-bond donors (Lipinski definition) is 5. The van der Waals surface area contributed by atoms with Crippen LogP contribution in [-0.2, 0) is 14.3 Å². The zero-order valence-corrected chi connectivity index (χ0v) is 10.2. The van der Waals surface area contributed by atoms with Crippen molar-refractivity contribution in [2.75, 3.05) is 6.54 Å². The van der Waals surface area contributed by atoms with Gasteiger partial charge in [-0.2, -0.15) is 0 Å². The average Bonchev–Trinajstić information content (AvgIpc) is 2.27. The Hall–Kier alpha value is -1.22. The predicted molar refractivity (Wildman–Crippen MR) is 59.2 cm³/mol. The molecule has 0 spiro atoms. The van der Waals surface area contributed by atoms with Gasteiger partial charge < -0.3 is 30.7 Å². The van der Waals surface area contributed by atoms with E-state index in [4.69, 9.17) is 4.74 Å². The molecule has 1 rings (SSSR count). The molecule has 1 fully saturated rings. The molecule has 5 atom stereocenters. The van der Waals surface area contributed by atoms with Gasteiger partial charge in [0.15, 0.2) is 6.29 Å². The second-order valence-electron chi connectivity index (χ2n) is 4.21. The van der Waals surface area contributed by atoms with E-state index in [1.54, 1.807) is 0 Å². The Morgan fingerprint density at radius 2 is 1.72 bits per heavy atom. The smallest absolute Gasteiger partial charge is 0.217 e. The first-order chi connectivity index (χ1) is 8.32. The SMILES string of the molecule is CC(=O)NC[C@H]1O[C@@H](O)[C@H](NC(C)=O)[C@@H](O)[C@H]1O. The number of carbonyl (C=O) groups is 2. The van der Waals surface area contributed by atoms with Gasteiger partial charge in [0.1, 0.15) is 24.4 Å². The number of nitrogens with one attached hydrogen (secondary N) is 2. The Balaban J connectivity index is 2.64. The molecule has 18 heavy (non-hydrogen) atoms. The molecule has 0 aromatic carbocycles. The van der Waals surface area contributed by atoms with E-state index in [0.717, 1.165) is 0 Å². The van der Waals surface area contributed by atoms with Crippen LogP contribution in [0.15, 0.2) is 0 Å². The number of aliphatic hydroxyl groups is 3. The standard InChI is InChI=1S/C10H18N2O6/c1-4(13)11-3-6-8(15)9(16)7(10(17)18-6)12-5(2)14/h6-10,15-17H,3H2,1-2H3,(H,11,13)(H,12,14)/t6-,7-,8+,9-,10-/m1/s1. The highest BCUT2D eigenvalue weighted by molar-refractivity contribution is 5.73. The van der Waals surface area contributed by atoms with Gasteiger partial charge in [0.05, 0.1) is 0 Å². The van der Waals surface area contributed by atoms with Gasteiger partial charge in [-0.25, -0.2) is 0 Å². The zero-order valence-electron chi connectivity index (χ0n) is 10.2. The predicted octanol–water partition coefficient (Wildman–Crippen LogP) is -2.93. The van der Waals surface area contributed by atoms with Crippen LogP contribution in [0, 0.1) is 0 Å². The Morgan fingerprint density at radius 1 is 1.11 bits per heavy atom. The van der Waals surface area contributed by atoms with Crippen molar-refractivity contribution in [3.8, 4) is 0 Å². The second-order valence-corrected chi connectivity index (χ2v) is 4.21. The van der Waals surface area contributed by atoms with Gasteiger partial charge in [-0.1, -0.05) is 0 Å². The van der Waals surface area contributed by atoms with Crippen LogP contribution in [0.2, 0.25) is 0 Å². The number of amides is 2. The van der Waals surface area contributed by atoms with Crippen LogP contribution in [-0.4, -0.2) is 64.3 Å². The molecule has 0 aromatic rings. The maximum atomic E-state index is 10.9. The van der Waals surface area contributed by atoms with Crippen LogP contribution in [0.25, 0.3) is 0 Å². The summed E-state index contributed by atoms with van der Waals surface area (Å²) in [6.07, 6.45) is -5.09. The van der Waals surface area contributed by atoms with Gasteiger partial charge in [0, 0.05) is 20.4 Å². The average molecular weight is 262 g/mol. The quantitative estimate of drug-likeness (QED) is 0.370. The number of ether oxygens (including phenoxy) is 1. The van der Waals surface area contributed by atoms with E-state index in [1.165, 1.54) is 13.8 Å². The summed E-state index contributed by atoms with van der Waals surface area (Å²) in [5.74, 6) is -0.784. The molecule has 8 nitrogen and oxygen atoms in total. The monoisotopic (exact) mass is 262 g/mol. The molecule has 0 bridgehead atoms. The van der Waals surface area contributed by atoms with E-state index in [9.17, 15) is 24.9 Å². The Bertz CT molecular complexity index is 321. The van der Waals surface area contributed by atoms with Crippen molar-refractivity contribution >= 4 is 11.8 Å². The van der Waals surface area contributed by atoms with E-state index in [0.29, 0.717) is 0 Å². The highest BCUT2D eigenvalue weighted by atomic mass is 16.6. The molecule has 1 heterocycles. The van der Waals surface area contributed by atoms with Crippen molar-refractivity contribution in [3.63, 3.8) is 0 Å². The third-order valence-electron chi connectivity index (χ3n) is 2.64. The third kappa shape index (κ3) is 3.64. The molecular formula is C10H18N2O6. The third-order valence-corrected chi connectivity index (χ3v) is 2.64. The molecule has 5 N–H and O–H groups in total. The van der Waals surface area contributed by atoms with E-state index in [2.05, 4.69) is 10.6 Å². The maximum absolute atomic E-state index is 10.9. The van der Waals surface area contributed by atoms with Crippen LogP contribution in [0.5, 0.6) is 0 Å². The molecular weight excluding hydrogens is 244 g/mol. The number of aliphatic hydroxyl groups excluding tert-OH is 3. The number of carbonyl (C=O) groups excluding carboxylic acids is 2. The fourth-order valence-electron chi connectivity index (χ4n) is 1.75. The molecule has 2 amide bonds. The summed E-state index contributed by atoms with van der Waals surface area (Å²) in [4.78, 5) is 21.6. The van der Waals surface area contributed by atoms with E-state index in [1.807, 2.05) is 0 Å². The van der Waals surface area contributed by atoms with E-state index < -0.39 is 36.6 Å². The molecule has 8 heteroatoms.